The van der Waals surface area contributed by atoms with Crippen molar-refractivity contribution in [1.82, 2.24) is 14.9 Å². The molecule has 4 aromatic rings. The molecular formula is C29H30N4O3. The summed E-state index contributed by atoms with van der Waals surface area (Å²) in [7, 11) is 0. The fourth-order valence-corrected chi connectivity index (χ4v) is 3.73. The van der Waals surface area contributed by atoms with Crippen LogP contribution in [0.25, 0.3) is 0 Å². The van der Waals surface area contributed by atoms with Gasteiger partial charge in [-0.25, -0.2) is 9.97 Å². The Morgan fingerprint density at radius 1 is 0.778 bits per heavy atom. The molecule has 0 aliphatic heterocycles. The minimum absolute atomic E-state index is 0.0206. The molecule has 2 aromatic carbocycles. The summed E-state index contributed by atoms with van der Waals surface area (Å²) in [5, 5.41) is 0. The molecule has 0 unspecified atom stereocenters. The van der Waals surface area contributed by atoms with Crippen molar-refractivity contribution in [2.75, 3.05) is 6.54 Å². The average molecular weight is 483 g/mol. The summed E-state index contributed by atoms with van der Waals surface area (Å²) in [4.78, 5) is 22.6. The van der Waals surface area contributed by atoms with E-state index in [1.807, 2.05) is 84.9 Å². The molecule has 0 aliphatic carbocycles. The zero-order valence-corrected chi connectivity index (χ0v) is 20.3. The van der Waals surface area contributed by atoms with E-state index < -0.39 is 6.04 Å². The first-order valence-corrected chi connectivity index (χ1v) is 11.9. The molecule has 0 bridgehead atoms. The second kappa shape index (κ2) is 12.6. The summed E-state index contributed by atoms with van der Waals surface area (Å²) >= 11 is 0. The lowest BCUT2D eigenvalue weighted by Gasteiger charge is -2.25. The van der Waals surface area contributed by atoms with Gasteiger partial charge in [-0.1, -0.05) is 48.5 Å². The number of nitrogens with zero attached hydrogens (tertiary/aromatic N) is 3. The molecule has 2 aromatic heterocycles. The number of hydrogen-bond donors (Lipinski definition) is 1. The van der Waals surface area contributed by atoms with Crippen molar-refractivity contribution in [2.24, 2.45) is 5.73 Å². The number of nitrogens with two attached hydrogens (primary N) is 1. The second-order valence-corrected chi connectivity index (χ2v) is 8.47. The van der Waals surface area contributed by atoms with Crippen molar-refractivity contribution in [3.05, 3.63) is 108 Å². The van der Waals surface area contributed by atoms with E-state index in [-0.39, 0.29) is 5.78 Å². The lowest BCUT2D eigenvalue weighted by Crippen LogP contribution is -2.34. The topological polar surface area (TPSA) is 90.6 Å². The molecule has 7 nitrogen and oxygen atoms in total. The van der Waals surface area contributed by atoms with Crippen LogP contribution in [0.2, 0.25) is 0 Å². The van der Waals surface area contributed by atoms with Crippen LogP contribution < -0.4 is 15.2 Å². The number of rotatable bonds is 12. The van der Waals surface area contributed by atoms with E-state index in [9.17, 15) is 4.79 Å². The number of Topliss-reactive ketones (excluding diaryl/α,β-unsaturated/α-hetero) is 1. The van der Waals surface area contributed by atoms with E-state index in [1.165, 1.54) is 6.92 Å². The number of hydrogen-bond acceptors (Lipinski definition) is 7. The number of carbonyl (C=O) groups excluding carboxylic acids is 1. The smallest absolute Gasteiger partial charge is 0.219 e. The van der Waals surface area contributed by atoms with Crippen molar-refractivity contribution < 1.29 is 14.3 Å². The van der Waals surface area contributed by atoms with Crippen molar-refractivity contribution in [1.29, 1.82) is 0 Å². The fraction of sp³-hybridized carbons (Fsp3) is 0.207. The Bertz CT molecular complexity index is 1160. The Morgan fingerprint density at radius 2 is 1.25 bits per heavy atom. The van der Waals surface area contributed by atoms with Crippen molar-refractivity contribution in [2.45, 2.75) is 32.5 Å². The van der Waals surface area contributed by atoms with Crippen LogP contribution in [0, 0.1) is 0 Å². The van der Waals surface area contributed by atoms with E-state index in [1.54, 1.807) is 12.4 Å². The fourth-order valence-electron chi connectivity index (χ4n) is 3.73. The molecule has 4 rings (SSSR count). The van der Waals surface area contributed by atoms with Crippen molar-refractivity contribution in [3.63, 3.8) is 0 Å². The van der Waals surface area contributed by atoms with Gasteiger partial charge in [0.25, 0.3) is 0 Å². The maximum atomic E-state index is 11.8. The molecule has 0 saturated carbocycles. The first kappa shape index (κ1) is 25.0. The highest BCUT2D eigenvalue weighted by atomic mass is 16.5. The number of para-hydroxylation sites is 2. The van der Waals surface area contributed by atoms with Gasteiger partial charge in [0.2, 0.25) is 11.8 Å². The highest BCUT2D eigenvalue weighted by Gasteiger charge is 2.17. The zero-order chi connectivity index (χ0) is 25.2. The van der Waals surface area contributed by atoms with Gasteiger partial charge in [0.1, 0.15) is 17.3 Å². The van der Waals surface area contributed by atoms with E-state index in [0.29, 0.717) is 37.8 Å². The number of ether oxygens (including phenoxy) is 2. The van der Waals surface area contributed by atoms with E-state index in [0.717, 1.165) is 22.6 Å². The van der Waals surface area contributed by atoms with E-state index >= 15 is 0 Å². The third-order valence-corrected chi connectivity index (χ3v) is 5.72. The number of ketones is 1. The normalized spacial score (nSPS) is 11.8. The molecule has 184 valence electrons. The first-order valence-electron chi connectivity index (χ1n) is 11.9. The van der Waals surface area contributed by atoms with Gasteiger partial charge in [0.05, 0.1) is 6.04 Å². The van der Waals surface area contributed by atoms with Crippen molar-refractivity contribution in [3.8, 4) is 23.3 Å². The predicted octanol–water partition coefficient (Wildman–Crippen LogP) is 5.37. The summed E-state index contributed by atoms with van der Waals surface area (Å²) in [5.41, 5.74) is 8.08. The van der Waals surface area contributed by atoms with Crippen LogP contribution >= 0.6 is 0 Å². The minimum atomic E-state index is -0.507. The molecule has 36 heavy (non-hydrogen) atoms. The van der Waals surface area contributed by atoms with Gasteiger partial charge in [-0.3, -0.25) is 9.69 Å². The first-order chi connectivity index (χ1) is 17.6. The quantitative estimate of drug-likeness (QED) is 0.290. The predicted molar refractivity (Wildman–Crippen MR) is 139 cm³/mol. The molecule has 2 N–H and O–H groups in total. The van der Waals surface area contributed by atoms with Crippen LogP contribution in [0.1, 0.15) is 24.5 Å². The lowest BCUT2D eigenvalue weighted by atomic mass is 10.1. The molecular weight excluding hydrogens is 452 g/mol. The Hall–Kier alpha value is -4.07. The van der Waals surface area contributed by atoms with Gasteiger partial charge in [-0.2, -0.15) is 0 Å². The van der Waals surface area contributed by atoms with Crippen LogP contribution in [0.4, 0.5) is 0 Å². The highest BCUT2D eigenvalue weighted by Crippen LogP contribution is 2.28. The van der Waals surface area contributed by atoms with E-state index in [4.69, 9.17) is 15.2 Å². The molecule has 0 aliphatic rings. The molecule has 2 heterocycles. The van der Waals surface area contributed by atoms with Gasteiger partial charge in [-0.05, 0) is 37.6 Å². The second-order valence-electron chi connectivity index (χ2n) is 8.47. The summed E-state index contributed by atoms with van der Waals surface area (Å²) in [6.07, 6.45) is 3.94. The molecule has 0 saturated heterocycles. The molecule has 0 radical (unpaired) electrons. The standard InChI is InChI=1S/C29H30N4O3/c1-22(34)25(30)16-19-33(20-23-10-2-4-12-26(23)35-28-14-6-8-17-31-28)21-24-11-3-5-13-27(24)36-29-15-7-9-18-32-29/h2-15,17-18,25H,16,19-21,30H2,1H3/t25-/m0/s1. The maximum Gasteiger partial charge on any atom is 0.219 e. The van der Waals surface area contributed by atoms with Crippen LogP contribution in [0.5, 0.6) is 23.3 Å². The van der Waals surface area contributed by atoms with Gasteiger partial charge in [0.15, 0.2) is 0 Å². The van der Waals surface area contributed by atoms with Gasteiger partial charge in [0, 0.05) is 55.3 Å². The van der Waals surface area contributed by atoms with Gasteiger partial charge in [-0.15, -0.1) is 0 Å². The molecule has 7 heteroatoms. The Kier molecular flexibility index (Phi) is 8.75. The number of carbonyl (C=O) groups is 1. The summed E-state index contributed by atoms with van der Waals surface area (Å²) in [6.45, 7) is 3.33. The third kappa shape index (κ3) is 7.21. The number of benzene rings is 2. The molecule has 0 fully saturated rings. The number of pyridine rings is 2. The molecule has 1 atom stereocenters. The van der Waals surface area contributed by atoms with Crippen LogP contribution in [0.15, 0.2) is 97.3 Å². The van der Waals surface area contributed by atoms with E-state index in [2.05, 4.69) is 14.9 Å². The van der Waals surface area contributed by atoms with Crippen LogP contribution in [-0.2, 0) is 17.9 Å². The zero-order valence-electron chi connectivity index (χ0n) is 20.3. The monoisotopic (exact) mass is 482 g/mol. The Labute approximate surface area is 211 Å². The van der Waals surface area contributed by atoms with Gasteiger partial charge < -0.3 is 15.2 Å². The van der Waals surface area contributed by atoms with Crippen molar-refractivity contribution >= 4 is 5.78 Å². The molecule has 0 spiro atoms. The summed E-state index contributed by atoms with van der Waals surface area (Å²) in [6, 6.07) is 26.4. The van der Waals surface area contributed by atoms with Crippen LogP contribution in [0.3, 0.4) is 0 Å². The van der Waals surface area contributed by atoms with Crippen LogP contribution in [-0.4, -0.2) is 33.2 Å². The Morgan fingerprint density at radius 3 is 1.69 bits per heavy atom. The Balaban J connectivity index is 1.57. The number of aromatic nitrogens is 2. The lowest BCUT2D eigenvalue weighted by molar-refractivity contribution is -0.118. The summed E-state index contributed by atoms with van der Waals surface area (Å²) < 4.78 is 12.2. The largest absolute Gasteiger partial charge is 0.439 e. The molecule has 0 amide bonds. The average Bonchev–Trinajstić information content (AvgIpc) is 2.90. The minimum Gasteiger partial charge on any atom is -0.439 e. The SMILES string of the molecule is CC(=O)[C@@H](N)CCN(Cc1ccccc1Oc1ccccn1)Cc1ccccc1Oc1ccccn1. The van der Waals surface area contributed by atoms with Gasteiger partial charge >= 0.3 is 0 Å². The third-order valence-electron chi connectivity index (χ3n) is 5.72. The summed E-state index contributed by atoms with van der Waals surface area (Å²) in [5.74, 6) is 2.51. The highest BCUT2D eigenvalue weighted by molar-refractivity contribution is 5.81. The maximum absolute atomic E-state index is 11.8.